The maximum atomic E-state index is 13.6. The van der Waals surface area contributed by atoms with Crippen LogP contribution in [0, 0.1) is 11.8 Å². The first kappa shape index (κ1) is 24.1. The van der Waals surface area contributed by atoms with E-state index in [4.69, 9.17) is 4.74 Å². The van der Waals surface area contributed by atoms with Gasteiger partial charge in [-0.15, -0.1) is 0 Å². The molecule has 196 valence electrons. The van der Waals surface area contributed by atoms with Gasteiger partial charge in [0.2, 0.25) is 11.8 Å². The molecule has 6 rings (SSSR count). The summed E-state index contributed by atoms with van der Waals surface area (Å²) in [5.41, 5.74) is 1.42. The summed E-state index contributed by atoms with van der Waals surface area (Å²) in [5.74, 6) is 0.412. The van der Waals surface area contributed by atoms with E-state index in [0.29, 0.717) is 49.2 Å². The summed E-state index contributed by atoms with van der Waals surface area (Å²) in [7, 11) is 0. The summed E-state index contributed by atoms with van der Waals surface area (Å²) < 4.78 is 7.24. The van der Waals surface area contributed by atoms with Crippen molar-refractivity contribution in [2.75, 3.05) is 23.8 Å². The maximum Gasteiger partial charge on any atom is 0.270 e. The normalized spacial score (nSPS) is 25.3. The Balaban J connectivity index is 1.21. The largest absolute Gasteiger partial charge is 0.381 e. The van der Waals surface area contributed by atoms with Gasteiger partial charge in [0.1, 0.15) is 17.6 Å². The van der Waals surface area contributed by atoms with Crippen LogP contribution in [0.2, 0.25) is 0 Å². The molecule has 0 radical (unpaired) electrons. The van der Waals surface area contributed by atoms with Gasteiger partial charge in [-0.05, 0) is 56.4 Å². The lowest BCUT2D eigenvalue weighted by atomic mass is 9.76. The van der Waals surface area contributed by atoms with Gasteiger partial charge in [-0.2, -0.15) is 5.10 Å². The second kappa shape index (κ2) is 9.55. The Morgan fingerprint density at radius 2 is 1.92 bits per heavy atom. The van der Waals surface area contributed by atoms with Crippen molar-refractivity contribution >= 4 is 29.2 Å². The highest BCUT2D eigenvalue weighted by Crippen LogP contribution is 2.44. The minimum atomic E-state index is -0.686. The predicted molar refractivity (Wildman–Crippen MR) is 136 cm³/mol. The van der Waals surface area contributed by atoms with Gasteiger partial charge in [0.15, 0.2) is 0 Å². The number of aromatic nitrogens is 3. The number of nitrogens with one attached hydrogen (secondary N) is 3. The molecule has 2 aliphatic heterocycles. The number of amides is 3. The van der Waals surface area contributed by atoms with Gasteiger partial charge in [0.25, 0.3) is 5.91 Å². The van der Waals surface area contributed by atoms with E-state index < -0.39 is 11.5 Å². The molecule has 2 aromatic heterocycles. The minimum absolute atomic E-state index is 0.0372. The van der Waals surface area contributed by atoms with Crippen molar-refractivity contribution in [1.82, 2.24) is 20.1 Å². The van der Waals surface area contributed by atoms with Crippen LogP contribution in [-0.4, -0.2) is 51.7 Å². The van der Waals surface area contributed by atoms with E-state index in [1.165, 1.54) is 0 Å². The van der Waals surface area contributed by atoms with Crippen LogP contribution in [0.3, 0.4) is 0 Å². The SMILES string of the molecule is CC1CCC([C@H](NC(=O)c2ccnn2C2CC2)C(=O)Nc2cc3c(cn2)C2(CCOCC2)C(=O)N3)CC1. The molecule has 3 fully saturated rings. The Kier molecular flexibility index (Phi) is 6.22. The third kappa shape index (κ3) is 4.52. The molecule has 37 heavy (non-hydrogen) atoms. The Hall–Kier alpha value is -3.27. The van der Waals surface area contributed by atoms with E-state index in [1.54, 1.807) is 29.2 Å². The zero-order chi connectivity index (χ0) is 25.6. The summed E-state index contributed by atoms with van der Waals surface area (Å²) in [4.78, 5) is 44.2. The molecule has 1 atom stereocenters. The van der Waals surface area contributed by atoms with E-state index in [0.717, 1.165) is 44.1 Å². The molecule has 0 bridgehead atoms. The number of hydrogen-bond acceptors (Lipinski definition) is 6. The van der Waals surface area contributed by atoms with Crippen molar-refractivity contribution in [2.24, 2.45) is 11.8 Å². The Bertz CT molecular complexity index is 1210. The van der Waals surface area contributed by atoms with E-state index in [-0.39, 0.29) is 29.7 Å². The molecule has 4 aliphatic rings. The van der Waals surface area contributed by atoms with Gasteiger partial charge in [0, 0.05) is 37.2 Å². The third-order valence-electron chi connectivity index (χ3n) is 8.60. The molecule has 0 unspecified atom stereocenters. The lowest BCUT2D eigenvalue weighted by Gasteiger charge is -2.32. The summed E-state index contributed by atoms with van der Waals surface area (Å²) in [5, 5.41) is 13.3. The van der Waals surface area contributed by atoms with E-state index >= 15 is 0 Å². The Morgan fingerprint density at radius 3 is 2.65 bits per heavy atom. The quantitative estimate of drug-likeness (QED) is 0.552. The molecule has 10 heteroatoms. The number of anilines is 2. The number of fused-ring (bicyclic) bond motifs is 2. The topological polar surface area (TPSA) is 127 Å². The zero-order valence-electron chi connectivity index (χ0n) is 21.2. The molecule has 2 aromatic rings. The van der Waals surface area contributed by atoms with Crippen LogP contribution >= 0.6 is 0 Å². The summed E-state index contributed by atoms with van der Waals surface area (Å²) in [6, 6.07) is 3.01. The minimum Gasteiger partial charge on any atom is -0.381 e. The van der Waals surface area contributed by atoms with Gasteiger partial charge >= 0.3 is 0 Å². The first-order valence-corrected chi connectivity index (χ1v) is 13.5. The van der Waals surface area contributed by atoms with Gasteiger partial charge < -0.3 is 20.7 Å². The summed E-state index contributed by atoms with van der Waals surface area (Å²) >= 11 is 0. The molecule has 0 aromatic carbocycles. The van der Waals surface area contributed by atoms with Crippen molar-refractivity contribution in [2.45, 2.75) is 75.8 Å². The van der Waals surface area contributed by atoms with Crippen molar-refractivity contribution in [3.05, 3.63) is 35.8 Å². The van der Waals surface area contributed by atoms with Gasteiger partial charge in [-0.1, -0.05) is 19.8 Å². The van der Waals surface area contributed by atoms with E-state index in [1.807, 2.05) is 0 Å². The molecule has 1 saturated heterocycles. The highest BCUT2D eigenvalue weighted by atomic mass is 16.5. The monoisotopic (exact) mass is 506 g/mol. The van der Waals surface area contributed by atoms with Crippen molar-refractivity contribution < 1.29 is 19.1 Å². The predicted octanol–water partition coefficient (Wildman–Crippen LogP) is 3.18. The fourth-order valence-corrected chi connectivity index (χ4v) is 6.13. The summed E-state index contributed by atoms with van der Waals surface area (Å²) in [6.07, 6.45) is 10.4. The fourth-order valence-electron chi connectivity index (χ4n) is 6.13. The number of hydrogen-bond donors (Lipinski definition) is 3. The van der Waals surface area contributed by atoms with Crippen molar-refractivity contribution in [3.8, 4) is 0 Å². The average molecular weight is 507 g/mol. The number of pyridine rings is 1. The standard InChI is InChI=1S/C27H34N6O4/c1-16-2-4-17(5-3-16)23(32-24(34)21-8-11-29-33(21)18-6-7-18)25(35)31-22-14-20-19(15-28-22)27(26(36)30-20)9-12-37-13-10-27/h8,11,14-18,23H,2-7,9-10,12-13H2,1H3,(H,30,36)(H,32,34)(H,28,31,35)/t16?,17?,23-/m0/s1. The van der Waals surface area contributed by atoms with Gasteiger partial charge in [-0.25, -0.2) is 4.98 Å². The number of nitrogens with zero attached hydrogens (tertiary/aromatic N) is 3. The number of carbonyl (C=O) groups excluding carboxylic acids is 3. The molecule has 3 N–H and O–H groups in total. The first-order valence-electron chi connectivity index (χ1n) is 13.5. The smallest absolute Gasteiger partial charge is 0.270 e. The lowest BCUT2D eigenvalue weighted by Crippen LogP contribution is -2.49. The molecular weight excluding hydrogens is 472 g/mol. The van der Waals surface area contributed by atoms with E-state index in [2.05, 4.69) is 33.0 Å². The third-order valence-corrected chi connectivity index (χ3v) is 8.60. The average Bonchev–Trinajstić information content (AvgIpc) is 3.57. The van der Waals surface area contributed by atoms with Crippen LogP contribution in [0.25, 0.3) is 0 Å². The number of carbonyl (C=O) groups is 3. The van der Waals surface area contributed by atoms with Crippen LogP contribution in [0.1, 0.15) is 80.4 Å². The van der Waals surface area contributed by atoms with Gasteiger partial charge in [0.05, 0.1) is 17.1 Å². The Labute approximate surface area is 215 Å². The first-order chi connectivity index (χ1) is 17.9. The number of rotatable bonds is 6. The molecule has 10 nitrogen and oxygen atoms in total. The Morgan fingerprint density at radius 1 is 1.16 bits per heavy atom. The highest BCUT2D eigenvalue weighted by Gasteiger charge is 2.48. The molecular formula is C27H34N6O4. The molecule has 2 saturated carbocycles. The maximum absolute atomic E-state index is 13.6. The second-order valence-corrected chi connectivity index (χ2v) is 11.1. The van der Waals surface area contributed by atoms with E-state index in [9.17, 15) is 14.4 Å². The van der Waals surface area contributed by atoms with Crippen molar-refractivity contribution in [3.63, 3.8) is 0 Å². The number of ether oxygens (including phenoxy) is 1. The lowest BCUT2D eigenvalue weighted by molar-refractivity contribution is -0.124. The molecule has 1 spiro atoms. The second-order valence-electron chi connectivity index (χ2n) is 11.1. The molecule has 3 amide bonds. The van der Waals surface area contributed by atoms with Crippen LogP contribution < -0.4 is 16.0 Å². The van der Waals surface area contributed by atoms with Crippen LogP contribution in [0.5, 0.6) is 0 Å². The van der Waals surface area contributed by atoms with Crippen molar-refractivity contribution in [1.29, 1.82) is 0 Å². The summed E-state index contributed by atoms with van der Waals surface area (Å²) in [6.45, 7) is 3.30. The van der Waals surface area contributed by atoms with Crippen LogP contribution in [0.4, 0.5) is 11.5 Å². The molecule has 4 heterocycles. The van der Waals surface area contributed by atoms with Crippen LogP contribution in [-0.2, 0) is 19.7 Å². The highest BCUT2D eigenvalue weighted by molar-refractivity contribution is 6.07. The fraction of sp³-hybridized carbons (Fsp3) is 0.593. The molecule has 2 aliphatic carbocycles. The van der Waals surface area contributed by atoms with Crippen LogP contribution in [0.15, 0.2) is 24.5 Å². The zero-order valence-corrected chi connectivity index (χ0v) is 21.2. The van der Waals surface area contributed by atoms with Gasteiger partial charge in [-0.3, -0.25) is 19.1 Å².